The summed E-state index contributed by atoms with van der Waals surface area (Å²) in [4.78, 5) is 0. The second kappa shape index (κ2) is 9.94. The number of allylic oxidation sites excluding steroid dienone is 6. The zero-order valence-corrected chi connectivity index (χ0v) is 30.7. The van der Waals surface area contributed by atoms with Gasteiger partial charge in [-0.3, -0.25) is 0 Å². The smallest absolute Gasteiger partial charge is 0.269 e. The van der Waals surface area contributed by atoms with Crippen LogP contribution in [-0.2, 0) is 17.4 Å². The summed E-state index contributed by atoms with van der Waals surface area (Å²) in [5.74, 6) is 0.266. The van der Waals surface area contributed by atoms with Crippen molar-refractivity contribution in [3.63, 3.8) is 0 Å². The largest absolute Gasteiger partial charge is 0.454 e. The third-order valence-electron chi connectivity index (χ3n) is 12.6. The topological polar surface area (TPSA) is 20.9 Å². The fourth-order valence-electron chi connectivity index (χ4n) is 10.3. The Hall–Kier alpha value is -5.28. The Bertz CT molecular complexity index is 2630. The van der Waals surface area contributed by atoms with Crippen LogP contribution in [0.1, 0.15) is 93.8 Å². The first-order valence-corrected chi connectivity index (χ1v) is 18.4. The molecule has 1 spiro atoms. The molecule has 0 radical (unpaired) electrons. The highest BCUT2D eigenvalue weighted by Crippen LogP contribution is 2.71. The van der Waals surface area contributed by atoms with Gasteiger partial charge in [0.2, 0.25) is 17.4 Å². The minimum atomic E-state index is -0.321. The zero-order chi connectivity index (χ0) is 35.3. The molecule has 3 nitrogen and oxygen atoms in total. The summed E-state index contributed by atoms with van der Waals surface area (Å²) in [6.45, 7) is 24.5. The molecule has 6 aromatic rings. The molecule has 1 saturated carbocycles. The lowest BCUT2D eigenvalue weighted by molar-refractivity contribution is -0.772. The Labute approximate surface area is 300 Å². The van der Waals surface area contributed by atoms with E-state index in [1.807, 2.05) is 6.08 Å². The minimum absolute atomic E-state index is 0.130. The lowest BCUT2D eigenvalue weighted by Gasteiger charge is -2.24. The summed E-state index contributed by atoms with van der Waals surface area (Å²) >= 11 is 0. The summed E-state index contributed by atoms with van der Waals surface area (Å²) in [5.41, 5.74) is 20.7. The first-order valence-electron chi connectivity index (χ1n) is 18.4. The number of furan rings is 1. The predicted molar refractivity (Wildman–Crippen MR) is 209 cm³/mol. The van der Waals surface area contributed by atoms with Crippen LogP contribution in [0.5, 0.6) is 0 Å². The molecule has 0 amide bonds. The van der Waals surface area contributed by atoms with Crippen molar-refractivity contribution in [3.8, 4) is 22.5 Å². The van der Waals surface area contributed by atoms with E-state index in [1.165, 1.54) is 83.4 Å². The average Bonchev–Trinajstić information content (AvgIpc) is 3.36. The second-order valence-electron chi connectivity index (χ2n) is 16.5. The van der Waals surface area contributed by atoms with Gasteiger partial charge in [0, 0.05) is 45.7 Å². The molecule has 3 unspecified atom stereocenters. The molecule has 0 N–H and O–H groups in total. The van der Waals surface area contributed by atoms with E-state index >= 15 is 0 Å². The van der Waals surface area contributed by atoms with Gasteiger partial charge in [-0.05, 0) is 91.1 Å². The van der Waals surface area contributed by atoms with Crippen LogP contribution in [0, 0.1) is 0 Å². The number of rotatable bonds is 3. The van der Waals surface area contributed by atoms with Crippen LogP contribution in [0.15, 0.2) is 126 Å². The molecule has 3 atom stereocenters. The molecule has 5 heterocycles. The quantitative estimate of drug-likeness (QED) is 0.136. The summed E-state index contributed by atoms with van der Waals surface area (Å²) in [5, 5.41) is 2.38. The van der Waals surface area contributed by atoms with Gasteiger partial charge in [-0.25, -0.2) is 0 Å². The highest BCUT2D eigenvalue weighted by Gasteiger charge is 2.86. The Morgan fingerprint density at radius 3 is 2.37 bits per heavy atom. The maximum Gasteiger partial charge on any atom is 0.269 e. The Kier molecular flexibility index (Phi) is 5.95. The van der Waals surface area contributed by atoms with E-state index in [9.17, 15) is 0 Å². The molecule has 3 aromatic heterocycles. The normalized spacial score (nSPS) is 21.2. The van der Waals surface area contributed by atoms with E-state index < -0.39 is 0 Å². The molecule has 0 saturated heterocycles. The molecule has 3 aromatic carbocycles. The average molecular weight is 665 g/mol. The van der Waals surface area contributed by atoms with Crippen LogP contribution in [0.4, 0.5) is 0 Å². The molecule has 250 valence electrons. The summed E-state index contributed by atoms with van der Waals surface area (Å²) in [6, 6.07) is 27.8. The van der Waals surface area contributed by atoms with Gasteiger partial charge in [0.25, 0.3) is 5.54 Å². The van der Waals surface area contributed by atoms with Gasteiger partial charge in [-0.1, -0.05) is 87.5 Å². The summed E-state index contributed by atoms with van der Waals surface area (Å²) < 4.78 is 12.5. The molecule has 4 aliphatic rings. The highest BCUT2D eigenvalue weighted by atomic mass is 16.3. The number of nitrogens with zero attached hydrogens (tertiary/aromatic N) is 2. The first-order chi connectivity index (χ1) is 24.5. The van der Waals surface area contributed by atoms with Crippen LogP contribution in [0.2, 0.25) is 0 Å². The van der Waals surface area contributed by atoms with Crippen molar-refractivity contribution in [3.05, 3.63) is 155 Å². The minimum Gasteiger partial charge on any atom is -0.454 e. The fraction of sp³-hybridized carbons (Fsp3) is 0.250. The molecular weight excluding hydrogens is 621 g/mol. The van der Waals surface area contributed by atoms with E-state index in [0.29, 0.717) is 0 Å². The van der Waals surface area contributed by atoms with Gasteiger partial charge in [-0.15, -0.1) is 0 Å². The van der Waals surface area contributed by atoms with Gasteiger partial charge >= 0.3 is 0 Å². The number of aromatic nitrogens is 2. The third kappa shape index (κ3) is 3.69. The van der Waals surface area contributed by atoms with Crippen LogP contribution >= 0.6 is 0 Å². The van der Waals surface area contributed by atoms with Crippen molar-refractivity contribution < 1.29 is 13.6 Å². The molecule has 1 fully saturated rings. The van der Waals surface area contributed by atoms with E-state index in [4.69, 9.17) is 4.42 Å². The number of hydrogen-bond donors (Lipinski definition) is 0. The number of benzene rings is 3. The maximum atomic E-state index is 7.24. The van der Waals surface area contributed by atoms with Crippen molar-refractivity contribution in [2.45, 2.75) is 77.8 Å². The van der Waals surface area contributed by atoms with Gasteiger partial charge in [0.15, 0.2) is 12.4 Å². The molecule has 0 bridgehead atoms. The van der Waals surface area contributed by atoms with Crippen molar-refractivity contribution in [2.24, 2.45) is 0 Å². The van der Waals surface area contributed by atoms with Crippen molar-refractivity contribution in [1.29, 1.82) is 0 Å². The first kappa shape index (κ1) is 30.5. The van der Waals surface area contributed by atoms with Crippen LogP contribution in [-0.4, -0.2) is 0 Å². The van der Waals surface area contributed by atoms with E-state index in [-0.39, 0.29) is 22.9 Å². The van der Waals surface area contributed by atoms with Gasteiger partial charge in [0.05, 0.1) is 11.1 Å². The second-order valence-corrected chi connectivity index (χ2v) is 16.5. The van der Waals surface area contributed by atoms with Crippen molar-refractivity contribution >= 4 is 33.1 Å². The lowest BCUT2D eigenvalue weighted by Crippen LogP contribution is -2.51. The Balaban J connectivity index is 1.37. The van der Waals surface area contributed by atoms with Gasteiger partial charge in [-0.2, -0.15) is 9.13 Å². The van der Waals surface area contributed by atoms with E-state index in [1.54, 1.807) is 0 Å². The van der Waals surface area contributed by atoms with Gasteiger partial charge < -0.3 is 4.42 Å². The summed E-state index contributed by atoms with van der Waals surface area (Å²) in [7, 11) is 0. The third-order valence-corrected chi connectivity index (χ3v) is 12.6. The van der Waals surface area contributed by atoms with Crippen molar-refractivity contribution in [1.82, 2.24) is 0 Å². The standard InChI is InChI=1S/C48H44N2O/c1-10-27(4)40(26(2)3)35-24-39-42-36(21-20-34-33-19-18-30-23-28(5)29(6)41(30)44(33)51-45(34)42)48(50(39)25-37(35)47(7,8)9)43-32-16-12-11-15-31(32)38-17-13-14-22-49(38)46(43)48/h10-22,24-25,43,46H,1-2,23H2,3-9H3/q+2/b40-27+. The summed E-state index contributed by atoms with van der Waals surface area (Å²) in [6.07, 6.45) is 7.76. The Morgan fingerprint density at radius 1 is 0.902 bits per heavy atom. The number of pyridine rings is 2. The van der Waals surface area contributed by atoms with Crippen LogP contribution in [0.25, 0.3) is 55.6 Å². The van der Waals surface area contributed by atoms with Crippen LogP contribution < -0.4 is 9.13 Å². The van der Waals surface area contributed by atoms with Crippen molar-refractivity contribution in [2.75, 3.05) is 0 Å². The SMILES string of the molecule is C=C/C(C)=C(\C(=C)C)c1cc2[n+](cc1C(C)(C)C)C1(c3ccc4c(oc5c6c(ccc54)CC(C)=C6C)c3-2)C2c3ccccc3-c3cccc[n+]3C21. The van der Waals surface area contributed by atoms with E-state index in [2.05, 4.69) is 156 Å². The molecule has 2 aliphatic heterocycles. The van der Waals surface area contributed by atoms with E-state index in [0.717, 1.165) is 28.7 Å². The van der Waals surface area contributed by atoms with Gasteiger partial charge in [0.1, 0.15) is 17.1 Å². The van der Waals surface area contributed by atoms with Crippen LogP contribution in [0.3, 0.4) is 0 Å². The zero-order valence-electron chi connectivity index (χ0n) is 30.7. The fourth-order valence-corrected chi connectivity index (χ4v) is 10.3. The predicted octanol–water partition coefficient (Wildman–Crippen LogP) is 11.1. The monoisotopic (exact) mass is 664 g/mol. The molecule has 10 rings (SSSR count). The lowest BCUT2D eigenvalue weighted by atomic mass is 9.80. The maximum absolute atomic E-state index is 7.24. The number of fused-ring (bicyclic) bond motifs is 19. The highest BCUT2D eigenvalue weighted by molar-refractivity contribution is 6.13. The molecule has 3 heteroatoms. The molecule has 2 aliphatic carbocycles. The molecule has 51 heavy (non-hydrogen) atoms. The Morgan fingerprint density at radius 2 is 1.63 bits per heavy atom. The molecular formula is C48H44N2O+2. The number of hydrogen-bond acceptors (Lipinski definition) is 1.